The van der Waals surface area contributed by atoms with Crippen molar-refractivity contribution in [3.63, 3.8) is 0 Å². The minimum atomic E-state index is 0.946. The molecule has 0 unspecified atom stereocenters. The molecule has 0 amide bonds. The number of benzene rings is 1. The summed E-state index contributed by atoms with van der Waals surface area (Å²) in [5.74, 6) is 1.00. The van der Waals surface area contributed by atoms with Crippen molar-refractivity contribution in [2.75, 3.05) is 23.3 Å². The fraction of sp³-hybridized carbons (Fsp3) is 0.429. The van der Waals surface area contributed by atoms with Gasteiger partial charge in [-0.25, -0.2) is 0 Å². The summed E-state index contributed by atoms with van der Waals surface area (Å²) in [6, 6.07) is 8.29. The molecule has 0 bridgehead atoms. The molecule has 0 aliphatic rings. The first-order valence-electron chi connectivity index (χ1n) is 6.38. The second-order valence-electron chi connectivity index (χ2n) is 4.29. The molecule has 1 aromatic heterocycles. The third kappa shape index (κ3) is 2.99. The zero-order chi connectivity index (χ0) is 12.8. The predicted molar refractivity (Wildman–Crippen MR) is 80.5 cm³/mol. The predicted octanol–water partition coefficient (Wildman–Crippen LogP) is 3.63. The topological polar surface area (TPSA) is 29.0 Å². The highest BCUT2D eigenvalue weighted by Gasteiger charge is 2.11. The van der Waals surface area contributed by atoms with Crippen molar-refractivity contribution >= 4 is 32.5 Å². The molecule has 0 aliphatic carbocycles. The van der Waals surface area contributed by atoms with Crippen LogP contribution < -0.4 is 4.90 Å². The Bertz CT molecular complexity index is 496. The van der Waals surface area contributed by atoms with Crippen LogP contribution in [-0.4, -0.2) is 28.6 Å². The fourth-order valence-electron chi connectivity index (χ4n) is 2.02. The molecule has 0 saturated carbocycles. The van der Waals surface area contributed by atoms with Crippen LogP contribution in [0.1, 0.15) is 19.8 Å². The molecule has 4 heteroatoms. The minimum Gasteiger partial charge on any atom is -0.354 e. The van der Waals surface area contributed by atoms with Gasteiger partial charge in [-0.1, -0.05) is 53.5 Å². The van der Waals surface area contributed by atoms with Crippen LogP contribution in [0.25, 0.3) is 10.8 Å². The molecule has 1 aromatic carbocycles. The van der Waals surface area contributed by atoms with E-state index in [0.717, 1.165) is 29.6 Å². The number of hydrogen-bond donors (Lipinski definition) is 0. The first-order valence-corrected chi connectivity index (χ1v) is 7.50. The smallest absolute Gasteiger partial charge is 0.159 e. The van der Waals surface area contributed by atoms with Crippen molar-refractivity contribution in [3.8, 4) is 0 Å². The lowest BCUT2D eigenvalue weighted by Crippen LogP contribution is -2.27. The Morgan fingerprint density at radius 2 is 2.06 bits per heavy atom. The number of anilines is 1. The number of aromatic nitrogens is 2. The van der Waals surface area contributed by atoms with Gasteiger partial charge in [-0.05, 0) is 6.42 Å². The van der Waals surface area contributed by atoms with E-state index in [1.54, 1.807) is 0 Å². The standard InChI is InChI=1S/C14H18BrN3/c1-2-3-9-18(10-8-15)14-13-7-5-4-6-12(13)11-16-17-14/h4-7,11H,2-3,8-10H2,1H3. The van der Waals surface area contributed by atoms with Gasteiger partial charge in [0.1, 0.15) is 0 Å². The highest BCUT2D eigenvalue weighted by molar-refractivity contribution is 9.09. The van der Waals surface area contributed by atoms with Gasteiger partial charge in [-0.2, -0.15) is 5.10 Å². The molecular formula is C14H18BrN3. The fourth-order valence-corrected chi connectivity index (χ4v) is 2.45. The molecule has 0 radical (unpaired) electrons. The normalized spacial score (nSPS) is 10.8. The average molecular weight is 308 g/mol. The Morgan fingerprint density at radius 3 is 2.83 bits per heavy atom. The lowest BCUT2D eigenvalue weighted by molar-refractivity contribution is 0.724. The first kappa shape index (κ1) is 13.3. The highest BCUT2D eigenvalue weighted by atomic mass is 79.9. The Hall–Kier alpha value is -1.16. The summed E-state index contributed by atoms with van der Waals surface area (Å²) in [5.41, 5.74) is 0. The zero-order valence-electron chi connectivity index (χ0n) is 10.6. The summed E-state index contributed by atoms with van der Waals surface area (Å²) in [4.78, 5) is 2.31. The molecular weight excluding hydrogens is 290 g/mol. The molecule has 0 spiro atoms. The van der Waals surface area contributed by atoms with Crippen LogP contribution in [0.4, 0.5) is 5.82 Å². The van der Waals surface area contributed by atoms with E-state index in [0.29, 0.717) is 0 Å². The van der Waals surface area contributed by atoms with Gasteiger partial charge in [0.2, 0.25) is 0 Å². The van der Waals surface area contributed by atoms with Gasteiger partial charge in [0.15, 0.2) is 5.82 Å². The quantitative estimate of drug-likeness (QED) is 0.763. The van der Waals surface area contributed by atoms with E-state index in [-0.39, 0.29) is 0 Å². The summed E-state index contributed by atoms with van der Waals surface area (Å²) in [7, 11) is 0. The minimum absolute atomic E-state index is 0.946. The average Bonchev–Trinajstić information content (AvgIpc) is 2.43. The van der Waals surface area contributed by atoms with E-state index < -0.39 is 0 Å². The van der Waals surface area contributed by atoms with Gasteiger partial charge in [-0.3, -0.25) is 0 Å². The van der Waals surface area contributed by atoms with Crippen LogP contribution in [0.5, 0.6) is 0 Å². The summed E-state index contributed by atoms with van der Waals surface area (Å²) < 4.78 is 0. The maximum absolute atomic E-state index is 4.33. The first-order chi connectivity index (χ1) is 8.86. The molecule has 0 saturated heterocycles. The second kappa shape index (κ2) is 6.69. The number of halogens is 1. The number of nitrogens with zero attached hydrogens (tertiary/aromatic N) is 3. The van der Waals surface area contributed by atoms with E-state index >= 15 is 0 Å². The van der Waals surface area contributed by atoms with Crippen LogP contribution in [0.2, 0.25) is 0 Å². The van der Waals surface area contributed by atoms with Gasteiger partial charge < -0.3 is 4.90 Å². The van der Waals surface area contributed by atoms with Crippen LogP contribution in [0.3, 0.4) is 0 Å². The summed E-state index contributed by atoms with van der Waals surface area (Å²) in [5, 5.41) is 11.7. The van der Waals surface area contributed by atoms with Crippen molar-refractivity contribution in [2.45, 2.75) is 19.8 Å². The number of hydrogen-bond acceptors (Lipinski definition) is 3. The molecule has 18 heavy (non-hydrogen) atoms. The van der Waals surface area contributed by atoms with Gasteiger partial charge in [0, 0.05) is 29.2 Å². The molecule has 96 valence electrons. The van der Waals surface area contributed by atoms with Crippen LogP contribution in [0, 0.1) is 0 Å². The van der Waals surface area contributed by atoms with Crippen molar-refractivity contribution in [3.05, 3.63) is 30.5 Å². The lowest BCUT2D eigenvalue weighted by atomic mass is 10.2. The van der Waals surface area contributed by atoms with Crippen LogP contribution >= 0.6 is 15.9 Å². The van der Waals surface area contributed by atoms with E-state index in [9.17, 15) is 0 Å². The number of rotatable bonds is 6. The monoisotopic (exact) mass is 307 g/mol. The molecule has 0 fully saturated rings. The molecule has 1 heterocycles. The SMILES string of the molecule is CCCCN(CCBr)c1nncc2ccccc12. The van der Waals surface area contributed by atoms with Crippen molar-refractivity contribution in [2.24, 2.45) is 0 Å². The molecule has 3 nitrogen and oxygen atoms in total. The van der Waals surface area contributed by atoms with Gasteiger partial charge >= 0.3 is 0 Å². The van der Waals surface area contributed by atoms with Gasteiger partial charge in [-0.15, -0.1) is 5.10 Å². The number of fused-ring (bicyclic) bond motifs is 1. The molecule has 2 aromatic rings. The zero-order valence-corrected chi connectivity index (χ0v) is 12.2. The van der Waals surface area contributed by atoms with E-state index in [4.69, 9.17) is 0 Å². The van der Waals surface area contributed by atoms with Crippen molar-refractivity contribution in [1.29, 1.82) is 0 Å². The highest BCUT2D eigenvalue weighted by Crippen LogP contribution is 2.23. The van der Waals surface area contributed by atoms with Crippen molar-refractivity contribution < 1.29 is 0 Å². The largest absolute Gasteiger partial charge is 0.354 e. The van der Waals surface area contributed by atoms with E-state index in [2.05, 4.69) is 56.2 Å². The van der Waals surface area contributed by atoms with Crippen molar-refractivity contribution in [1.82, 2.24) is 10.2 Å². The van der Waals surface area contributed by atoms with Gasteiger partial charge in [0.25, 0.3) is 0 Å². The molecule has 0 N–H and O–H groups in total. The lowest BCUT2D eigenvalue weighted by Gasteiger charge is -2.23. The Balaban J connectivity index is 2.36. The van der Waals surface area contributed by atoms with Crippen LogP contribution in [-0.2, 0) is 0 Å². The summed E-state index contributed by atoms with van der Waals surface area (Å²) >= 11 is 3.51. The molecule has 2 rings (SSSR count). The Morgan fingerprint density at radius 1 is 1.22 bits per heavy atom. The van der Waals surface area contributed by atoms with E-state index in [1.807, 2.05) is 12.3 Å². The third-order valence-corrected chi connectivity index (χ3v) is 3.34. The maximum atomic E-state index is 4.33. The van der Waals surface area contributed by atoms with Crippen LogP contribution in [0.15, 0.2) is 30.5 Å². The van der Waals surface area contributed by atoms with Gasteiger partial charge in [0.05, 0.1) is 6.20 Å². The molecule has 0 atom stereocenters. The van der Waals surface area contributed by atoms with E-state index in [1.165, 1.54) is 18.2 Å². The Kier molecular flexibility index (Phi) is 4.93. The Labute approximate surface area is 116 Å². The second-order valence-corrected chi connectivity index (χ2v) is 5.08. The molecule has 0 aliphatic heterocycles. The maximum Gasteiger partial charge on any atom is 0.159 e. The summed E-state index contributed by atoms with van der Waals surface area (Å²) in [6.07, 6.45) is 4.19. The number of alkyl halides is 1. The third-order valence-electron chi connectivity index (χ3n) is 2.99. The number of unbranched alkanes of at least 4 members (excludes halogenated alkanes) is 1. The summed E-state index contributed by atoms with van der Waals surface area (Å²) in [6.45, 7) is 4.20.